The number of nitrogens with one attached hydrogen (secondary N) is 1. The largest absolute Gasteiger partial charge is 0.339 e. The summed E-state index contributed by atoms with van der Waals surface area (Å²) in [6, 6.07) is 11.9. The number of para-hydroxylation sites is 2. The van der Waals surface area contributed by atoms with Crippen LogP contribution in [0.5, 0.6) is 0 Å². The lowest BCUT2D eigenvalue weighted by atomic mass is 9.94. The van der Waals surface area contributed by atoms with Crippen LogP contribution in [0.3, 0.4) is 0 Å². The molecule has 1 amide bonds. The molecular weight excluding hydrogens is 390 g/mol. The number of pyridine rings is 1. The van der Waals surface area contributed by atoms with E-state index in [9.17, 15) is 9.59 Å². The summed E-state index contributed by atoms with van der Waals surface area (Å²) in [5.41, 5.74) is 2.61. The van der Waals surface area contributed by atoms with E-state index in [2.05, 4.69) is 14.9 Å². The van der Waals surface area contributed by atoms with Crippen molar-refractivity contribution in [2.24, 2.45) is 5.92 Å². The number of piperidine rings is 2. The fourth-order valence-electron chi connectivity index (χ4n) is 5.15. The lowest BCUT2D eigenvalue weighted by Crippen LogP contribution is -2.44. The van der Waals surface area contributed by atoms with Gasteiger partial charge in [-0.15, -0.1) is 0 Å². The molecule has 0 spiro atoms. The van der Waals surface area contributed by atoms with E-state index in [1.807, 2.05) is 45.9 Å². The Balaban J connectivity index is 1.13. The molecule has 5 rings (SSSR count). The zero-order valence-corrected chi connectivity index (χ0v) is 17.7. The number of amides is 1. The van der Waals surface area contributed by atoms with Gasteiger partial charge in [-0.1, -0.05) is 12.1 Å². The molecule has 0 atom stereocenters. The van der Waals surface area contributed by atoms with Gasteiger partial charge in [-0.2, -0.15) is 0 Å². The van der Waals surface area contributed by atoms with E-state index in [0.29, 0.717) is 11.5 Å². The Morgan fingerprint density at radius 3 is 2.52 bits per heavy atom. The summed E-state index contributed by atoms with van der Waals surface area (Å²) in [7, 11) is 0. The third kappa shape index (κ3) is 4.14. The maximum absolute atomic E-state index is 12.6. The van der Waals surface area contributed by atoms with Crippen molar-refractivity contribution < 1.29 is 4.79 Å². The van der Waals surface area contributed by atoms with Crippen LogP contribution in [0.15, 0.2) is 53.6 Å². The van der Waals surface area contributed by atoms with Crippen molar-refractivity contribution in [2.45, 2.75) is 31.7 Å². The van der Waals surface area contributed by atoms with E-state index in [1.165, 1.54) is 0 Å². The number of fused-ring (bicyclic) bond motifs is 1. The standard InChI is InChI=1S/C24H29N5O2/c30-23(19-4-3-11-25-16-19)28-14-7-18(8-15-28)17-27-12-9-20(10-13-27)29-22-6-2-1-5-21(22)26-24(29)31/h1-6,11,16,18,20H,7-10,12-15,17H2,(H,26,31). The van der Waals surface area contributed by atoms with Crippen LogP contribution >= 0.6 is 0 Å². The number of benzene rings is 1. The van der Waals surface area contributed by atoms with Crippen molar-refractivity contribution in [3.8, 4) is 0 Å². The zero-order chi connectivity index (χ0) is 21.2. The van der Waals surface area contributed by atoms with Gasteiger partial charge in [0.15, 0.2) is 0 Å². The summed E-state index contributed by atoms with van der Waals surface area (Å²) in [5.74, 6) is 0.724. The fourth-order valence-corrected chi connectivity index (χ4v) is 5.15. The quantitative estimate of drug-likeness (QED) is 0.706. The maximum atomic E-state index is 12.6. The number of aromatic nitrogens is 3. The van der Waals surface area contributed by atoms with Gasteiger partial charge >= 0.3 is 5.69 Å². The van der Waals surface area contributed by atoms with Gasteiger partial charge in [-0.3, -0.25) is 14.3 Å². The number of imidazole rings is 1. The Kier molecular flexibility index (Phi) is 5.59. The normalized spacial score (nSPS) is 19.2. The molecule has 162 valence electrons. The second kappa shape index (κ2) is 8.67. The topological polar surface area (TPSA) is 74.2 Å². The molecule has 0 aliphatic carbocycles. The number of H-pyrrole nitrogens is 1. The van der Waals surface area contributed by atoms with Gasteiger partial charge in [-0.05, 0) is 55.9 Å². The first-order chi connectivity index (χ1) is 15.2. The molecule has 1 N–H and O–H groups in total. The van der Waals surface area contributed by atoms with Crippen molar-refractivity contribution in [2.75, 3.05) is 32.7 Å². The second-order valence-electron chi connectivity index (χ2n) is 8.83. The SMILES string of the molecule is O=C(c1cccnc1)N1CCC(CN2CCC(n3c(=O)[nH]c4ccccc43)CC2)CC1. The van der Waals surface area contributed by atoms with Crippen LogP contribution < -0.4 is 5.69 Å². The summed E-state index contributed by atoms with van der Waals surface area (Å²) >= 11 is 0. The minimum atomic E-state index is 0.00491. The van der Waals surface area contributed by atoms with Gasteiger partial charge in [0.1, 0.15) is 0 Å². The molecule has 0 unspecified atom stereocenters. The lowest BCUT2D eigenvalue weighted by molar-refractivity contribution is 0.0652. The molecular formula is C24H29N5O2. The number of carbonyl (C=O) groups excluding carboxylic acids is 1. The second-order valence-corrected chi connectivity index (χ2v) is 8.83. The monoisotopic (exact) mass is 419 g/mol. The molecule has 7 heteroatoms. The molecule has 0 bridgehead atoms. The Labute approximate surface area is 181 Å². The maximum Gasteiger partial charge on any atom is 0.326 e. The van der Waals surface area contributed by atoms with Crippen LogP contribution in [0.4, 0.5) is 0 Å². The zero-order valence-electron chi connectivity index (χ0n) is 17.7. The average Bonchev–Trinajstić information content (AvgIpc) is 3.16. The lowest BCUT2D eigenvalue weighted by Gasteiger charge is -2.38. The van der Waals surface area contributed by atoms with Crippen LogP contribution in [0.2, 0.25) is 0 Å². The predicted molar refractivity (Wildman–Crippen MR) is 120 cm³/mol. The van der Waals surface area contributed by atoms with Crippen molar-refractivity contribution in [1.82, 2.24) is 24.3 Å². The summed E-state index contributed by atoms with van der Waals surface area (Å²) in [4.78, 5) is 36.6. The van der Waals surface area contributed by atoms with Gasteiger partial charge in [0.05, 0.1) is 16.6 Å². The van der Waals surface area contributed by atoms with Gasteiger partial charge < -0.3 is 14.8 Å². The highest BCUT2D eigenvalue weighted by Crippen LogP contribution is 2.27. The van der Waals surface area contributed by atoms with E-state index in [-0.39, 0.29) is 17.6 Å². The van der Waals surface area contributed by atoms with Gasteiger partial charge in [0.2, 0.25) is 0 Å². The third-order valence-electron chi connectivity index (χ3n) is 6.87. The Morgan fingerprint density at radius 2 is 1.77 bits per heavy atom. The van der Waals surface area contributed by atoms with Crippen LogP contribution in [0, 0.1) is 5.92 Å². The predicted octanol–water partition coefficient (Wildman–Crippen LogP) is 2.91. The van der Waals surface area contributed by atoms with Crippen molar-refractivity contribution in [3.63, 3.8) is 0 Å². The van der Waals surface area contributed by atoms with E-state index in [1.54, 1.807) is 12.4 Å². The third-order valence-corrected chi connectivity index (χ3v) is 6.87. The van der Waals surface area contributed by atoms with Crippen LogP contribution in [0.25, 0.3) is 11.0 Å². The van der Waals surface area contributed by atoms with Gasteiger partial charge in [-0.25, -0.2) is 4.79 Å². The van der Waals surface area contributed by atoms with Gasteiger partial charge in [0.25, 0.3) is 5.91 Å². The Morgan fingerprint density at radius 1 is 1.00 bits per heavy atom. The molecule has 2 aromatic heterocycles. The van der Waals surface area contributed by atoms with E-state index in [4.69, 9.17) is 0 Å². The number of carbonyl (C=O) groups is 1. The Hall–Kier alpha value is -2.93. The minimum absolute atomic E-state index is 0.00491. The van der Waals surface area contributed by atoms with E-state index < -0.39 is 0 Å². The molecule has 31 heavy (non-hydrogen) atoms. The van der Waals surface area contributed by atoms with Crippen LogP contribution in [0.1, 0.15) is 42.1 Å². The van der Waals surface area contributed by atoms with Gasteiger partial charge in [0, 0.05) is 51.2 Å². The molecule has 7 nitrogen and oxygen atoms in total. The summed E-state index contributed by atoms with van der Waals surface area (Å²) < 4.78 is 1.95. The van der Waals surface area contributed by atoms with Crippen LogP contribution in [-0.4, -0.2) is 63.0 Å². The summed E-state index contributed by atoms with van der Waals surface area (Å²) in [5, 5.41) is 0. The molecule has 2 aliphatic rings. The van der Waals surface area contributed by atoms with Crippen molar-refractivity contribution in [1.29, 1.82) is 0 Å². The number of nitrogens with zero attached hydrogens (tertiary/aromatic N) is 4. The smallest absolute Gasteiger partial charge is 0.326 e. The molecule has 3 aromatic rings. The van der Waals surface area contributed by atoms with E-state index >= 15 is 0 Å². The molecule has 4 heterocycles. The number of hydrogen-bond donors (Lipinski definition) is 1. The molecule has 2 saturated heterocycles. The molecule has 0 radical (unpaired) electrons. The number of rotatable bonds is 4. The number of aromatic amines is 1. The molecule has 2 fully saturated rings. The number of hydrogen-bond acceptors (Lipinski definition) is 4. The summed E-state index contributed by atoms with van der Waals surface area (Å²) in [6.45, 7) is 4.76. The Bertz CT molecular complexity index is 1090. The highest BCUT2D eigenvalue weighted by atomic mass is 16.2. The van der Waals surface area contributed by atoms with Crippen LogP contribution in [-0.2, 0) is 0 Å². The molecule has 2 aliphatic heterocycles. The highest BCUT2D eigenvalue weighted by molar-refractivity contribution is 5.93. The first-order valence-corrected chi connectivity index (χ1v) is 11.3. The first-order valence-electron chi connectivity index (χ1n) is 11.3. The number of likely N-dealkylation sites (tertiary alicyclic amines) is 2. The van der Waals surface area contributed by atoms with Crippen molar-refractivity contribution >= 4 is 16.9 Å². The van der Waals surface area contributed by atoms with Crippen molar-refractivity contribution in [3.05, 3.63) is 64.8 Å². The highest BCUT2D eigenvalue weighted by Gasteiger charge is 2.28. The molecule has 1 aromatic carbocycles. The van der Waals surface area contributed by atoms with E-state index in [0.717, 1.165) is 69.4 Å². The minimum Gasteiger partial charge on any atom is -0.339 e. The first kappa shape index (κ1) is 20.0. The molecule has 0 saturated carbocycles. The average molecular weight is 420 g/mol. The summed E-state index contributed by atoms with van der Waals surface area (Å²) in [6.07, 6.45) is 7.44. The fraction of sp³-hybridized carbons (Fsp3) is 0.458.